The topological polar surface area (TPSA) is 193 Å². The zero-order chi connectivity index (χ0) is 74.2. The van der Waals surface area contributed by atoms with Gasteiger partial charge in [0, 0.05) is 108 Å². The van der Waals surface area contributed by atoms with Crippen molar-refractivity contribution >= 4 is 101 Å². The number of rotatable bonds is 18. The van der Waals surface area contributed by atoms with Crippen molar-refractivity contribution in [2.24, 2.45) is 0 Å². The van der Waals surface area contributed by atoms with Crippen molar-refractivity contribution in [3.05, 3.63) is 364 Å². The molecule has 532 valence electrons. The molecule has 18 heteroatoms. The summed E-state index contributed by atoms with van der Waals surface area (Å²) in [6.07, 6.45) is 15.7. The highest BCUT2D eigenvalue weighted by Crippen LogP contribution is 2.33. The molecule has 7 aromatic heterocycles. The summed E-state index contributed by atoms with van der Waals surface area (Å²) in [5, 5.41) is 19.8. The summed E-state index contributed by atoms with van der Waals surface area (Å²) in [6.45, 7) is 11.3. The van der Waals surface area contributed by atoms with E-state index in [4.69, 9.17) is 9.47 Å². The third-order valence-corrected chi connectivity index (χ3v) is 18.9. The second-order valence-corrected chi connectivity index (χ2v) is 26.6. The van der Waals surface area contributed by atoms with Crippen molar-refractivity contribution in [1.29, 1.82) is 0 Å². The average molecular weight is 1430 g/mol. The Bertz CT molecular complexity index is 5570. The molecule has 107 heavy (non-hydrogen) atoms. The molecule has 16 rings (SSSR count). The van der Waals surface area contributed by atoms with Crippen LogP contribution in [0.15, 0.2) is 297 Å². The Hall–Kier alpha value is -13.5. The van der Waals surface area contributed by atoms with Crippen LogP contribution in [0.25, 0.3) is 43.6 Å². The first-order valence-electron chi connectivity index (χ1n) is 34.9. The van der Waals surface area contributed by atoms with Crippen LogP contribution in [0.3, 0.4) is 0 Å². The van der Waals surface area contributed by atoms with Gasteiger partial charge in [0.1, 0.15) is 17.2 Å². The number of ether oxygens (including phenoxy) is 2. The molecule has 0 fully saturated rings. The number of nitrogens with one attached hydrogen (secondary N) is 4. The number of fused-ring (bicyclic) bond motifs is 4. The highest BCUT2D eigenvalue weighted by molar-refractivity contribution is 7.08. The number of nitrogens with zero attached hydrogens (tertiary/aromatic N) is 7. The number of aryl methyl sites for hydroxylation is 4. The van der Waals surface area contributed by atoms with Gasteiger partial charge in [0.25, 0.3) is 23.6 Å². The lowest BCUT2D eigenvalue weighted by atomic mass is 10.1. The lowest BCUT2D eigenvalue weighted by Gasteiger charge is -2.08. The number of carbonyl (C=O) groups excluding carboxylic acids is 4. The first-order valence-corrected chi connectivity index (χ1v) is 35.8. The number of hydrogen-bond acceptors (Lipinski definition) is 10. The van der Waals surface area contributed by atoms with Gasteiger partial charge in [-0.2, -0.15) is 0 Å². The zero-order valence-electron chi connectivity index (χ0n) is 60.1. The smallest absolute Gasteiger partial charge is 0.275 e. The van der Waals surface area contributed by atoms with E-state index in [9.17, 15) is 19.2 Å². The Morgan fingerprint density at radius 2 is 0.701 bits per heavy atom. The fourth-order valence-electron chi connectivity index (χ4n) is 12.6. The number of benzene rings is 9. The maximum atomic E-state index is 12.8. The molecule has 0 spiro atoms. The monoisotopic (exact) mass is 1430 g/mol. The summed E-state index contributed by atoms with van der Waals surface area (Å²) in [6, 6.07) is 77.1. The van der Waals surface area contributed by atoms with Gasteiger partial charge in [0.15, 0.2) is 0 Å². The van der Waals surface area contributed by atoms with Crippen LogP contribution in [-0.2, 0) is 26.2 Å². The summed E-state index contributed by atoms with van der Waals surface area (Å²) in [5.41, 5.74) is 19.3. The summed E-state index contributed by atoms with van der Waals surface area (Å²) < 4.78 is 19.2. The lowest BCUT2D eigenvalue weighted by molar-refractivity contribution is 0.101. The second kappa shape index (κ2) is 33.8. The van der Waals surface area contributed by atoms with Crippen LogP contribution in [0.4, 0.5) is 22.7 Å². The standard InChI is InChI=1S/C24H22N2O2.C22H19N3O.C22H20N2O2S.C21H18N4O/c1-17-11-13-18(14-12-17)15-26-16-21(19-7-3-5-9-22(19)26)25-24(27)20-8-4-6-10-23(20)28-2;1-16-8-10-17(11-9-16)14-25-15-20(19-6-2-3-7-21(19)25)24-22(26)18-5-4-12-23-13-18;1-15-7-9-16(10-8-15)11-24-12-19(17-5-3-4-6-20(17)24)23-22(25)18-13-27-14-21(18)26-2;1-15-6-8-16(9-7-15)13-25-14-19(17-4-2-3-5-20(17)25)24-21(26)18-12-22-10-11-23-18/h3-14,16H,15H2,1-2H3,(H,25,27);2-13,15H,14H2,1H3,(H,24,26);3-10,12-14H,11H2,1-2H3,(H,23,25);2-12,14H,13H2,1H3,(H,24,26). The highest BCUT2D eigenvalue weighted by Gasteiger charge is 2.20. The Balaban J connectivity index is 0.000000126. The molecule has 0 bridgehead atoms. The van der Waals surface area contributed by atoms with E-state index in [2.05, 4.69) is 204 Å². The van der Waals surface area contributed by atoms with Crippen molar-refractivity contribution < 1.29 is 28.7 Å². The number of thiophene rings is 1. The van der Waals surface area contributed by atoms with E-state index in [0.29, 0.717) is 33.9 Å². The van der Waals surface area contributed by atoms with Gasteiger partial charge in [0.05, 0.1) is 81.9 Å². The molecule has 4 N–H and O–H groups in total. The van der Waals surface area contributed by atoms with Gasteiger partial charge in [-0.25, -0.2) is 4.98 Å². The molecule has 0 unspecified atom stereocenters. The Morgan fingerprint density at radius 3 is 1.07 bits per heavy atom. The quantitative estimate of drug-likeness (QED) is 0.0647. The van der Waals surface area contributed by atoms with E-state index < -0.39 is 0 Å². The van der Waals surface area contributed by atoms with E-state index in [1.165, 1.54) is 68.2 Å². The van der Waals surface area contributed by atoms with Crippen molar-refractivity contribution in [2.45, 2.75) is 53.9 Å². The Labute approximate surface area is 624 Å². The minimum atomic E-state index is -0.267. The predicted octanol–water partition coefficient (Wildman–Crippen LogP) is 19.3. The van der Waals surface area contributed by atoms with Crippen LogP contribution in [0.2, 0.25) is 0 Å². The molecule has 7 heterocycles. The molecule has 0 saturated carbocycles. The SMILES string of the molecule is COc1ccccc1C(=O)Nc1cn(Cc2ccc(C)cc2)c2ccccc12.COc1cscc1C(=O)Nc1cn(Cc2ccc(C)cc2)c2ccccc12.Cc1ccc(Cn2cc(NC(=O)c3cccnc3)c3ccccc32)cc1.Cc1ccc(Cn2cc(NC(=O)c3cnccn3)c3ccccc32)cc1. The first-order chi connectivity index (χ1) is 52.2. The third kappa shape index (κ3) is 17.6. The molecule has 17 nitrogen and oxygen atoms in total. The minimum Gasteiger partial charge on any atom is -0.496 e. The summed E-state index contributed by atoms with van der Waals surface area (Å²) in [4.78, 5) is 62.5. The van der Waals surface area contributed by atoms with E-state index in [0.717, 1.165) is 92.5 Å². The molecule has 0 aliphatic heterocycles. The molecular formula is C89H79N11O6S. The number of hydrogen-bond donors (Lipinski definition) is 4. The predicted molar refractivity (Wildman–Crippen MR) is 431 cm³/mol. The molecule has 16 aromatic rings. The molecule has 4 amide bonds. The van der Waals surface area contributed by atoms with Crippen LogP contribution < -0.4 is 30.7 Å². The maximum Gasteiger partial charge on any atom is 0.275 e. The number of pyridine rings is 1. The minimum absolute atomic E-state index is 0.156. The summed E-state index contributed by atoms with van der Waals surface area (Å²) in [7, 11) is 3.14. The number of para-hydroxylation sites is 5. The number of carbonyl (C=O) groups is 4. The van der Waals surface area contributed by atoms with Crippen LogP contribution in [0.1, 0.15) is 86.1 Å². The Kier molecular flexibility index (Phi) is 22.7. The normalized spacial score (nSPS) is 10.8. The molecule has 0 aliphatic rings. The van der Waals surface area contributed by atoms with Crippen LogP contribution in [0.5, 0.6) is 11.5 Å². The van der Waals surface area contributed by atoms with E-state index in [1.807, 2.05) is 115 Å². The van der Waals surface area contributed by atoms with Crippen molar-refractivity contribution in [3.8, 4) is 11.5 Å². The van der Waals surface area contributed by atoms with Gasteiger partial charge < -0.3 is 49.0 Å². The van der Waals surface area contributed by atoms with Crippen LogP contribution in [-0.4, -0.2) is 71.1 Å². The van der Waals surface area contributed by atoms with Crippen molar-refractivity contribution in [1.82, 2.24) is 33.2 Å². The third-order valence-electron chi connectivity index (χ3n) is 18.2. The van der Waals surface area contributed by atoms with Gasteiger partial charge in [-0.05, 0) is 98.5 Å². The van der Waals surface area contributed by atoms with E-state index >= 15 is 0 Å². The van der Waals surface area contributed by atoms with Crippen LogP contribution in [0, 0.1) is 27.7 Å². The second-order valence-electron chi connectivity index (χ2n) is 25.9. The fourth-order valence-corrected chi connectivity index (χ4v) is 13.4. The van der Waals surface area contributed by atoms with Gasteiger partial charge >= 0.3 is 0 Å². The molecule has 9 aromatic carbocycles. The van der Waals surface area contributed by atoms with Gasteiger partial charge in [-0.15, -0.1) is 11.3 Å². The van der Waals surface area contributed by atoms with Gasteiger partial charge in [0.2, 0.25) is 0 Å². The number of amides is 4. The molecular weight excluding hydrogens is 1350 g/mol. The summed E-state index contributed by atoms with van der Waals surface area (Å²) in [5.74, 6) is 0.388. The van der Waals surface area contributed by atoms with Crippen molar-refractivity contribution in [2.75, 3.05) is 35.5 Å². The molecule has 0 aliphatic carbocycles. The zero-order valence-corrected chi connectivity index (χ0v) is 60.9. The Morgan fingerprint density at radius 1 is 0.346 bits per heavy atom. The van der Waals surface area contributed by atoms with E-state index in [-0.39, 0.29) is 23.6 Å². The number of methoxy groups -OCH3 is 2. The van der Waals surface area contributed by atoms with Gasteiger partial charge in [-0.3, -0.25) is 29.1 Å². The average Bonchev–Trinajstić information content (AvgIpc) is 1.67. The van der Waals surface area contributed by atoms with Crippen LogP contribution >= 0.6 is 11.3 Å². The maximum absolute atomic E-state index is 12.8. The molecule has 0 atom stereocenters. The fraction of sp³-hybridized carbons (Fsp3) is 0.112. The lowest BCUT2D eigenvalue weighted by Crippen LogP contribution is -2.13. The molecule has 0 radical (unpaired) electrons. The van der Waals surface area contributed by atoms with Crippen molar-refractivity contribution in [3.63, 3.8) is 0 Å². The number of aromatic nitrogens is 7. The number of anilines is 4. The highest BCUT2D eigenvalue weighted by atomic mass is 32.1. The largest absolute Gasteiger partial charge is 0.496 e. The summed E-state index contributed by atoms with van der Waals surface area (Å²) >= 11 is 1.45. The molecule has 0 saturated heterocycles. The van der Waals surface area contributed by atoms with E-state index in [1.54, 1.807) is 62.5 Å². The van der Waals surface area contributed by atoms with Gasteiger partial charge in [-0.1, -0.05) is 204 Å². The first kappa shape index (κ1) is 71.9.